The minimum absolute atomic E-state index is 0.0695. The molecule has 1 amide bonds. The maximum atomic E-state index is 12.0. The minimum atomic E-state index is -0.486. The Morgan fingerprint density at radius 1 is 1.43 bits per heavy atom. The zero-order valence-electron chi connectivity index (χ0n) is 12.8. The van der Waals surface area contributed by atoms with E-state index in [4.69, 9.17) is 10.5 Å². The molecule has 0 aromatic carbocycles. The van der Waals surface area contributed by atoms with E-state index < -0.39 is 5.60 Å². The van der Waals surface area contributed by atoms with E-state index in [1.54, 1.807) is 21.7 Å². The molecule has 0 bridgehead atoms. The number of rotatable bonds is 2. The second-order valence-electron chi connectivity index (χ2n) is 6.53. The molecule has 6 nitrogen and oxygen atoms in total. The summed E-state index contributed by atoms with van der Waals surface area (Å²) in [7, 11) is 0. The van der Waals surface area contributed by atoms with Crippen molar-refractivity contribution < 1.29 is 9.53 Å². The highest BCUT2D eigenvalue weighted by Gasteiger charge is 2.29. The molecule has 1 atom stereocenters. The second-order valence-corrected chi connectivity index (χ2v) is 6.53. The zero-order valence-corrected chi connectivity index (χ0v) is 12.8. The number of ether oxygens (including phenoxy) is 1. The van der Waals surface area contributed by atoms with Crippen LogP contribution in [0.1, 0.15) is 27.2 Å². The first-order valence-corrected chi connectivity index (χ1v) is 7.18. The zero-order chi connectivity index (χ0) is 15.6. The lowest BCUT2D eigenvalue weighted by atomic mass is 10.1. The lowest BCUT2D eigenvalue weighted by molar-refractivity contribution is 0.0287. The Kier molecular flexibility index (Phi) is 4.25. The second kappa shape index (κ2) is 5.79. The lowest BCUT2D eigenvalue weighted by Gasteiger charge is -2.24. The van der Waals surface area contributed by atoms with Gasteiger partial charge in [-0.1, -0.05) is 0 Å². The van der Waals surface area contributed by atoms with Crippen LogP contribution in [0.4, 0.5) is 10.5 Å². The first kappa shape index (κ1) is 15.4. The van der Waals surface area contributed by atoms with E-state index in [9.17, 15) is 9.59 Å². The third-order valence-corrected chi connectivity index (χ3v) is 3.40. The van der Waals surface area contributed by atoms with Crippen LogP contribution in [0.5, 0.6) is 0 Å². The molecule has 2 N–H and O–H groups in total. The molecular formula is C15H23N3O3. The first-order chi connectivity index (χ1) is 9.74. The average Bonchev–Trinajstić information content (AvgIpc) is 2.80. The number of aromatic nitrogens is 1. The van der Waals surface area contributed by atoms with Crippen LogP contribution in [0.15, 0.2) is 23.1 Å². The largest absolute Gasteiger partial charge is 0.444 e. The first-order valence-electron chi connectivity index (χ1n) is 7.18. The van der Waals surface area contributed by atoms with Crippen molar-refractivity contribution in [3.05, 3.63) is 28.7 Å². The molecule has 2 heterocycles. The molecule has 6 heteroatoms. The Labute approximate surface area is 124 Å². The van der Waals surface area contributed by atoms with Gasteiger partial charge in [0.2, 0.25) is 0 Å². The van der Waals surface area contributed by atoms with Gasteiger partial charge in [0.05, 0.1) is 0 Å². The fraction of sp³-hybridized carbons (Fsp3) is 0.600. The van der Waals surface area contributed by atoms with Crippen molar-refractivity contribution >= 4 is 11.8 Å². The molecule has 21 heavy (non-hydrogen) atoms. The molecular weight excluding hydrogens is 270 g/mol. The van der Waals surface area contributed by atoms with Gasteiger partial charge in [0.15, 0.2) is 0 Å². The Morgan fingerprint density at radius 3 is 2.81 bits per heavy atom. The highest BCUT2D eigenvalue weighted by Crippen LogP contribution is 2.20. The van der Waals surface area contributed by atoms with E-state index in [1.807, 2.05) is 20.8 Å². The third kappa shape index (κ3) is 4.24. The topological polar surface area (TPSA) is 77.6 Å². The summed E-state index contributed by atoms with van der Waals surface area (Å²) >= 11 is 0. The molecule has 0 saturated carbocycles. The number of anilines is 1. The molecule has 1 aliphatic heterocycles. The summed E-state index contributed by atoms with van der Waals surface area (Å²) in [5.41, 5.74) is 5.71. The molecule has 1 aromatic heterocycles. The average molecular weight is 293 g/mol. The number of carbonyl (C=O) groups excluding carboxylic acids is 1. The Hall–Kier alpha value is -1.98. The van der Waals surface area contributed by atoms with Gasteiger partial charge in [0.1, 0.15) is 5.60 Å². The predicted octanol–water partition coefficient (Wildman–Crippen LogP) is 1.69. The van der Waals surface area contributed by atoms with Gasteiger partial charge < -0.3 is 19.9 Å². The molecule has 1 aromatic rings. The van der Waals surface area contributed by atoms with Gasteiger partial charge >= 0.3 is 6.09 Å². The number of carbonyl (C=O) groups is 1. The summed E-state index contributed by atoms with van der Waals surface area (Å²) in [4.78, 5) is 25.5. The number of hydrogen-bond acceptors (Lipinski definition) is 4. The highest BCUT2D eigenvalue weighted by molar-refractivity contribution is 5.68. The maximum Gasteiger partial charge on any atom is 0.410 e. The van der Waals surface area contributed by atoms with Gasteiger partial charge in [0, 0.05) is 37.6 Å². The van der Waals surface area contributed by atoms with Crippen molar-refractivity contribution in [1.82, 2.24) is 9.47 Å². The fourth-order valence-corrected chi connectivity index (χ4v) is 2.44. The van der Waals surface area contributed by atoms with Gasteiger partial charge in [-0.25, -0.2) is 4.79 Å². The van der Waals surface area contributed by atoms with Crippen molar-refractivity contribution in [2.75, 3.05) is 18.8 Å². The SMILES string of the molecule is CC(C)(C)OC(=O)N1CCC(Cn2cc(N)ccc2=O)C1. The van der Waals surface area contributed by atoms with E-state index in [-0.39, 0.29) is 17.6 Å². The van der Waals surface area contributed by atoms with Crippen LogP contribution in [0.2, 0.25) is 0 Å². The van der Waals surface area contributed by atoms with E-state index in [0.717, 1.165) is 6.42 Å². The van der Waals surface area contributed by atoms with Gasteiger partial charge in [-0.05, 0) is 39.2 Å². The van der Waals surface area contributed by atoms with Crippen molar-refractivity contribution in [1.29, 1.82) is 0 Å². The van der Waals surface area contributed by atoms with Gasteiger partial charge in [-0.2, -0.15) is 0 Å². The Morgan fingerprint density at radius 2 is 2.14 bits per heavy atom. The van der Waals surface area contributed by atoms with E-state index in [0.29, 0.717) is 25.3 Å². The number of nitrogens with two attached hydrogens (primary N) is 1. The third-order valence-electron chi connectivity index (χ3n) is 3.40. The Bertz CT molecular complexity index is 574. The molecule has 116 valence electrons. The van der Waals surface area contributed by atoms with Gasteiger partial charge in [-0.15, -0.1) is 0 Å². The normalized spacial score (nSPS) is 18.8. The summed E-state index contributed by atoms with van der Waals surface area (Å²) in [6, 6.07) is 3.07. The molecule has 1 fully saturated rings. The van der Waals surface area contributed by atoms with E-state index in [1.165, 1.54) is 6.07 Å². The number of nitrogen functional groups attached to an aromatic ring is 1. The number of likely N-dealkylation sites (tertiary alicyclic amines) is 1. The van der Waals surface area contributed by atoms with Crippen LogP contribution in [0.25, 0.3) is 0 Å². The summed E-state index contributed by atoms with van der Waals surface area (Å²) in [6.45, 7) is 7.40. The monoisotopic (exact) mass is 293 g/mol. The highest BCUT2D eigenvalue weighted by atomic mass is 16.6. The van der Waals surface area contributed by atoms with Crippen molar-refractivity contribution in [3.63, 3.8) is 0 Å². The number of amides is 1. The molecule has 0 spiro atoms. The number of nitrogens with zero attached hydrogens (tertiary/aromatic N) is 2. The van der Waals surface area contributed by atoms with Crippen LogP contribution in [-0.2, 0) is 11.3 Å². The summed E-state index contributed by atoms with van der Waals surface area (Å²) in [5, 5.41) is 0. The quantitative estimate of drug-likeness (QED) is 0.900. The standard InChI is InChI=1S/C15H23N3O3/c1-15(2,3)21-14(20)17-7-6-11(8-17)9-18-10-12(16)4-5-13(18)19/h4-5,10-11H,6-9,16H2,1-3H3. The van der Waals surface area contributed by atoms with Crippen LogP contribution in [0.3, 0.4) is 0 Å². The predicted molar refractivity (Wildman–Crippen MR) is 81.0 cm³/mol. The smallest absolute Gasteiger partial charge is 0.410 e. The van der Waals surface area contributed by atoms with Gasteiger partial charge in [-0.3, -0.25) is 4.79 Å². The molecule has 1 unspecified atom stereocenters. The molecule has 1 saturated heterocycles. The van der Waals surface area contributed by atoms with Crippen molar-refractivity contribution in [3.8, 4) is 0 Å². The summed E-state index contributed by atoms with van der Waals surface area (Å²) < 4.78 is 6.97. The Balaban J connectivity index is 1.95. The number of hydrogen-bond donors (Lipinski definition) is 1. The maximum absolute atomic E-state index is 12.0. The lowest BCUT2D eigenvalue weighted by Crippen LogP contribution is -2.35. The van der Waals surface area contributed by atoms with Crippen molar-refractivity contribution in [2.45, 2.75) is 39.3 Å². The van der Waals surface area contributed by atoms with Crippen molar-refractivity contribution in [2.24, 2.45) is 5.92 Å². The summed E-state index contributed by atoms with van der Waals surface area (Å²) in [5.74, 6) is 0.247. The van der Waals surface area contributed by atoms with Crippen LogP contribution < -0.4 is 11.3 Å². The molecule has 2 rings (SSSR count). The van der Waals surface area contributed by atoms with E-state index in [2.05, 4.69) is 0 Å². The van der Waals surface area contributed by atoms with Crippen LogP contribution in [-0.4, -0.2) is 34.3 Å². The summed E-state index contributed by atoms with van der Waals surface area (Å²) in [6.07, 6.45) is 2.23. The van der Waals surface area contributed by atoms with Crippen LogP contribution >= 0.6 is 0 Å². The van der Waals surface area contributed by atoms with E-state index >= 15 is 0 Å². The number of pyridine rings is 1. The van der Waals surface area contributed by atoms with Gasteiger partial charge in [0.25, 0.3) is 5.56 Å². The molecule has 0 aliphatic carbocycles. The molecule has 0 radical (unpaired) electrons. The minimum Gasteiger partial charge on any atom is -0.444 e. The van der Waals surface area contributed by atoms with Crippen LogP contribution in [0, 0.1) is 5.92 Å². The molecule has 1 aliphatic rings. The fourth-order valence-electron chi connectivity index (χ4n) is 2.44.